The molecule has 0 amide bonds. The highest BCUT2D eigenvalue weighted by atomic mass is 32.2. The van der Waals surface area contributed by atoms with Gasteiger partial charge in [0, 0.05) is 11.0 Å². The topological polar surface area (TPSA) is 50.2 Å². The number of pyridine rings is 1. The predicted octanol–water partition coefficient (Wildman–Crippen LogP) is 3.21. The summed E-state index contributed by atoms with van der Waals surface area (Å²) in [4.78, 5) is 14.9. The van der Waals surface area contributed by atoms with Gasteiger partial charge < -0.3 is 5.11 Å². The number of halogens is 2. The molecule has 0 bridgehead atoms. The second-order valence-electron chi connectivity index (χ2n) is 3.34. The number of aromatic carboxylic acids is 1. The number of hydrogen-bond donors (Lipinski definition) is 1. The molecule has 0 saturated heterocycles. The highest BCUT2D eigenvalue weighted by molar-refractivity contribution is 7.99. The average molecular weight is 267 g/mol. The minimum absolute atomic E-state index is 0.0491. The number of hydrogen-bond acceptors (Lipinski definition) is 3. The maximum Gasteiger partial charge on any atom is 0.336 e. The maximum atomic E-state index is 13.4. The van der Waals surface area contributed by atoms with Gasteiger partial charge in [0.25, 0.3) is 0 Å². The molecule has 6 heteroatoms. The molecule has 0 aliphatic carbocycles. The van der Waals surface area contributed by atoms with Gasteiger partial charge in [0.1, 0.15) is 10.8 Å². The molecule has 0 aliphatic heterocycles. The molecule has 0 atom stereocenters. The van der Waals surface area contributed by atoms with Crippen molar-refractivity contribution in [2.75, 3.05) is 0 Å². The van der Waals surface area contributed by atoms with Crippen molar-refractivity contribution in [3.63, 3.8) is 0 Å². The zero-order valence-corrected chi connectivity index (χ0v) is 9.75. The van der Waals surface area contributed by atoms with E-state index in [9.17, 15) is 13.6 Å². The van der Waals surface area contributed by atoms with Crippen molar-refractivity contribution in [2.45, 2.75) is 9.92 Å². The van der Waals surface area contributed by atoms with Gasteiger partial charge in [-0.25, -0.2) is 18.6 Å². The molecule has 0 aliphatic rings. The fourth-order valence-electron chi connectivity index (χ4n) is 1.31. The Hall–Kier alpha value is -1.95. The van der Waals surface area contributed by atoms with Crippen LogP contribution in [0.3, 0.4) is 0 Å². The Morgan fingerprint density at radius 2 is 2.00 bits per heavy atom. The quantitative estimate of drug-likeness (QED) is 0.927. The molecule has 0 fully saturated rings. The summed E-state index contributed by atoms with van der Waals surface area (Å²) in [7, 11) is 0. The Morgan fingerprint density at radius 1 is 1.28 bits per heavy atom. The predicted molar refractivity (Wildman–Crippen MR) is 61.7 cm³/mol. The zero-order chi connectivity index (χ0) is 13.1. The van der Waals surface area contributed by atoms with Crippen molar-refractivity contribution in [1.82, 2.24) is 4.98 Å². The lowest BCUT2D eigenvalue weighted by Gasteiger charge is -2.05. The fraction of sp³-hybridized carbons (Fsp3) is 0. The molecule has 1 N–H and O–H groups in total. The molecule has 0 saturated carbocycles. The monoisotopic (exact) mass is 267 g/mol. The zero-order valence-electron chi connectivity index (χ0n) is 8.93. The van der Waals surface area contributed by atoms with Gasteiger partial charge in [-0.2, -0.15) is 0 Å². The van der Waals surface area contributed by atoms with E-state index in [0.717, 1.165) is 18.0 Å². The summed E-state index contributed by atoms with van der Waals surface area (Å²) in [6.07, 6.45) is 0.884. The number of benzene rings is 1. The minimum atomic E-state index is -1.11. The summed E-state index contributed by atoms with van der Waals surface area (Å²) in [5.41, 5.74) is 0.0491. The van der Waals surface area contributed by atoms with Gasteiger partial charge in [-0.15, -0.1) is 0 Å². The van der Waals surface area contributed by atoms with Crippen molar-refractivity contribution in [1.29, 1.82) is 0 Å². The van der Waals surface area contributed by atoms with Gasteiger partial charge in [-0.1, -0.05) is 23.9 Å². The number of carboxylic acids is 1. The Morgan fingerprint density at radius 3 is 2.67 bits per heavy atom. The lowest BCUT2D eigenvalue weighted by atomic mass is 10.2. The standard InChI is InChI=1S/C12H7F2NO2S/c13-7-5-9(14)11(15-6-7)18-10-4-2-1-3-8(10)12(16)17/h1-6H,(H,16,17). The van der Waals surface area contributed by atoms with Crippen LogP contribution in [-0.2, 0) is 0 Å². The number of nitrogens with zero attached hydrogens (tertiary/aromatic N) is 1. The van der Waals surface area contributed by atoms with Crippen LogP contribution in [0.1, 0.15) is 10.4 Å². The Kier molecular flexibility index (Phi) is 3.57. The third-order valence-corrected chi connectivity index (χ3v) is 3.17. The maximum absolute atomic E-state index is 13.4. The van der Waals surface area contributed by atoms with E-state index in [4.69, 9.17) is 5.11 Å². The summed E-state index contributed by atoms with van der Waals surface area (Å²) in [5, 5.41) is 8.90. The van der Waals surface area contributed by atoms with Crippen molar-refractivity contribution in [2.24, 2.45) is 0 Å². The van der Waals surface area contributed by atoms with Crippen LogP contribution < -0.4 is 0 Å². The van der Waals surface area contributed by atoms with E-state index in [1.165, 1.54) is 6.07 Å². The summed E-state index contributed by atoms with van der Waals surface area (Å²) in [6.45, 7) is 0. The smallest absolute Gasteiger partial charge is 0.336 e. The first-order valence-corrected chi connectivity index (χ1v) is 5.71. The van der Waals surface area contributed by atoms with Crippen molar-refractivity contribution >= 4 is 17.7 Å². The van der Waals surface area contributed by atoms with Gasteiger partial charge in [-0.3, -0.25) is 0 Å². The molecule has 0 unspecified atom stereocenters. The van der Waals surface area contributed by atoms with E-state index in [0.29, 0.717) is 11.0 Å². The van der Waals surface area contributed by atoms with E-state index in [2.05, 4.69) is 4.98 Å². The third-order valence-electron chi connectivity index (χ3n) is 2.10. The normalized spacial score (nSPS) is 10.3. The van der Waals surface area contributed by atoms with Gasteiger partial charge in [-0.05, 0) is 12.1 Å². The van der Waals surface area contributed by atoms with Crippen LogP contribution in [0, 0.1) is 11.6 Å². The second kappa shape index (κ2) is 5.14. The molecule has 1 aromatic carbocycles. The first-order chi connectivity index (χ1) is 8.58. The van der Waals surface area contributed by atoms with Crippen LogP contribution in [0.15, 0.2) is 46.5 Å². The Bertz CT molecular complexity index is 604. The lowest BCUT2D eigenvalue weighted by Crippen LogP contribution is -1.99. The molecular formula is C12H7F2NO2S. The largest absolute Gasteiger partial charge is 0.478 e. The molecule has 3 nitrogen and oxygen atoms in total. The number of carboxylic acid groups (broad SMARTS) is 1. The molecule has 92 valence electrons. The number of aromatic nitrogens is 1. The van der Waals surface area contributed by atoms with Crippen LogP contribution >= 0.6 is 11.8 Å². The molecule has 2 rings (SSSR count). The average Bonchev–Trinajstić information content (AvgIpc) is 2.33. The van der Waals surface area contributed by atoms with Crippen LogP contribution in [-0.4, -0.2) is 16.1 Å². The van der Waals surface area contributed by atoms with Crippen molar-refractivity contribution < 1.29 is 18.7 Å². The van der Waals surface area contributed by atoms with Crippen LogP contribution in [0.5, 0.6) is 0 Å². The molecule has 1 heterocycles. The second-order valence-corrected chi connectivity index (χ2v) is 4.37. The summed E-state index contributed by atoms with van der Waals surface area (Å²) in [5.74, 6) is -2.70. The van der Waals surface area contributed by atoms with Gasteiger partial charge in [0.2, 0.25) is 0 Å². The van der Waals surface area contributed by atoms with Crippen molar-refractivity contribution in [3.8, 4) is 0 Å². The highest BCUT2D eigenvalue weighted by Gasteiger charge is 2.13. The summed E-state index contributed by atoms with van der Waals surface area (Å²) >= 11 is 0.844. The molecule has 0 radical (unpaired) electrons. The third kappa shape index (κ3) is 2.65. The molecular weight excluding hydrogens is 260 g/mol. The molecule has 2 aromatic rings. The van der Waals surface area contributed by atoms with E-state index >= 15 is 0 Å². The van der Waals surface area contributed by atoms with E-state index in [-0.39, 0.29) is 10.6 Å². The van der Waals surface area contributed by atoms with Crippen LogP contribution in [0.25, 0.3) is 0 Å². The van der Waals surface area contributed by atoms with Gasteiger partial charge in [0.05, 0.1) is 11.8 Å². The Balaban J connectivity index is 2.37. The first kappa shape index (κ1) is 12.5. The SMILES string of the molecule is O=C(O)c1ccccc1Sc1ncc(F)cc1F. The number of carbonyl (C=O) groups is 1. The van der Waals surface area contributed by atoms with Crippen LogP contribution in [0.2, 0.25) is 0 Å². The first-order valence-electron chi connectivity index (χ1n) is 4.89. The van der Waals surface area contributed by atoms with Crippen molar-refractivity contribution in [3.05, 3.63) is 53.7 Å². The van der Waals surface area contributed by atoms with E-state index in [1.807, 2.05) is 0 Å². The Labute approximate surface area is 105 Å². The van der Waals surface area contributed by atoms with Gasteiger partial charge in [0.15, 0.2) is 5.82 Å². The molecule has 0 spiro atoms. The highest BCUT2D eigenvalue weighted by Crippen LogP contribution is 2.30. The summed E-state index contributed by atoms with van der Waals surface area (Å²) < 4.78 is 26.1. The molecule has 18 heavy (non-hydrogen) atoms. The molecule has 1 aromatic heterocycles. The van der Waals surface area contributed by atoms with E-state index < -0.39 is 17.6 Å². The number of rotatable bonds is 3. The fourth-order valence-corrected chi connectivity index (χ4v) is 2.20. The van der Waals surface area contributed by atoms with Gasteiger partial charge >= 0.3 is 5.97 Å². The minimum Gasteiger partial charge on any atom is -0.478 e. The van der Waals surface area contributed by atoms with Crippen LogP contribution in [0.4, 0.5) is 8.78 Å². The van der Waals surface area contributed by atoms with E-state index in [1.54, 1.807) is 18.2 Å². The lowest BCUT2D eigenvalue weighted by molar-refractivity contribution is 0.0693. The summed E-state index contributed by atoms with van der Waals surface area (Å²) in [6, 6.07) is 6.86.